The molecule has 0 bridgehead atoms. The first-order valence-corrected chi connectivity index (χ1v) is 10.4. The van der Waals surface area contributed by atoms with Crippen LogP contribution in [0.25, 0.3) is 5.69 Å². The van der Waals surface area contributed by atoms with Gasteiger partial charge in [0.25, 0.3) is 0 Å². The minimum atomic E-state index is 0. The Morgan fingerprint density at radius 3 is 2.45 bits per heavy atom. The zero-order valence-electron chi connectivity index (χ0n) is 18.2. The molecule has 31 heavy (non-hydrogen) atoms. The first kappa shape index (κ1) is 24.9. The molecule has 7 heteroatoms. The van der Waals surface area contributed by atoms with Crippen molar-refractivity contribution in [1.29, 1.82) is 0 Å². The summed E-state index contributed by atoms with van der Waals surface area (Å²) in [4.78, 5) is 4.30. The minimum absolute atomic E-state index is 0. The van der Waals surface area contributed by atoms with Gasteiger partial charge in [0.15, 0.2) is 5.96 Å². The molecule has 2 aromatic carbocycles. The predicted molar refractivity (Wildman–Crippen MR) is 137 cm³/mol. The van der Waals surface area contributed by atoms with E-state index >= 15 is 0 Å². The Morgan fingerprint density at radius 2 is 1.74 bits per heavy atom. The summed E-state index contributed by atoms with van der Waals surface area (Å²) in [5.74, 6) is 1.19. The van der Waals surface area contributed by atoms with Crippen molar-refractivity contribution in [3.63, 3.8) is 0 Å². The molecule has 3 aromatic rings. The van der Waals surface area contributed by atoms with Gasteiger partial charge >= 0.3 is 0 Å². The number of hydrogen-bond acceptors (Lipinski definition) is 3. The van der Waals surface area contributed by atoms with Crippen molar-refractivity contribution in [3.8, 4) is 5.69 Å². The minimum Gasteiger partial charge on any atom is -0.376 e. The van der Waals surface area contributed by atoms with Crippen LogP contribution in [0.5, 0.6) is 0 Å². The van der Waals surface area contributed by atoms with Crippen molar-refractivity contribution >= 4 is 29.9 Å². The first-order chi connectivity index (χ1) is 14.7. The predicted octanol–water partition coefficient (Wildman–Crippen LogP) is 4.05. The van der Waals surface area contributed by atoms with Gasteiger partial charge in [0.2, 0.25) is 0 Å². The molecule has 0 aliphatic heterocycles. The standard InChI is InChI=1S/C24H31N5O.HI/c1-20(18-30-19-21-9-5-3-6-10-21)15-27-24(25-2)26-14-13-22-16-28-29(17-22)23-11-7-4-8-12-23;/h3-12,16-17,20H,13-15,18-19H2,1-2H3,(H2,25,26,27);1H. The number of nitrogens with zero attached hydrogens (tertiary/aromatic N) is 3. The number of rotatable bonds is 10. The molecule has 0 aliphatic rings. The molecule has 1 unspecified atom stereocenters. The van der Waals surface area contributed by atoms with Crippen molar-refractivity contribution in [2.75, 3.05) is 26.7 Å². The summed E-state index contributed by atoms with van der Waals surface area (Å²) in [6.07, 6.45) is 4.86. The van der Waals surface area contributed by atoms with E-state index in [1.165, 1.54) is 11.1 Å². The average Bonchev–Trinajstić information content (AvgIpc) is 3.26. The molecule has 0 aliphatic carbocycles. The van der Waals surface area contributed by atoms with Crippen LogP contribution in [0.15, 0.2) is 78.0 Å². The van der Waals surface area contributed by atoms with E-state index in [0.717, 1.165) is 31.2 Å². The molecule has 0 fully saturated rings. The fourth-order valence-electron chi connectivity index (χ4n) is 3.04. The van der Waals surface area contributed by atoms with Crippen molar-refractivity contribution in [2.24, 2.45) is 10.9 Å². The second kappa shape index (κ2) is 13.8. The van der Waals surface area contributed by atoms with Crippen LogP contribution in [0, 0.1) is 5.92 Å². The molecule has 1 atom stereocenters. The lowest BCUT2D eigenvalue weighted by Gasteiger charge is -2.16. The Morgan fingerprint density at radius 1 is 1.03 bits per heavy atom. The second-order valence-electron chi connectivity index (χ2n) is 7.36. The Hall–Kier alpha value is -2.39. The van der Waals surface area contributed by atoms with Crippen LogP contribution >= 0.6 is 24.0 Å². The normalized spacial score (nSPS) is 12.1. The maximum atomic E-state index is 5.82. The number of aliphatic imine (C=N–C) groups is 1. The number of aromatic nitrogens is 2. The Balaban J connectivity index is 0.00000341. The van der Waals surface area contributed by atoms with E-state index in [9.17, 15) is 0 Å². The third kappa shape index (κ3) is 8.70. The van der Waals surface area contributed by atoms with Crippen LogP contribution in [0.2, 0.25) is 0 Å². The lowest BCUT2D eigenvalue weighted by molar-refractivity contribution is 0.0931. The molecule has 1 aromatic heterocycles. The number of guanidine groups is 1. The number of benzene rings is 2. The summed E-state index contributed by atoms with van der Waals surface area (Å²) in [6.45, 7) is 5.12. The topological polar surface area (TPSA) is 63.5 Å². The number of hydrogen-bond donors (Lipinski definition) is 2. The maximum Gasteiger partial charge on any atom is 0.190 e. The van der Waals surface area contributed by atoms with Gasteiger partial charge in [-0.1, -0.05) is 55.5 Å². The first-order valence-electron chi connectivity index (χ1n) is 10.4. The Kier molecular flexibility index (Phi) is 11.1. The molecule has 166 valence electrons. The van der Waals surface area contributed by atoms with Crippen LogP contribution < -0.4 is 10.6 Å². The molecule has 2 N–H and O–H groups in total. The number of nitrogens with one attached hydrogen (secondary N) is 2. The summed E-state index contributed by atoms with van der Waals surface area (Å²) in [7, 11) is 1.79. The highest BCUT2D eigenvalue weighted by atomic mass is 127. The number of para-hydroxylation sites is 1. The van der Waals surface area contributed by atoms with Gasteiger partial charge in [-0.05, 0) is 35.6 Å². The summed E-state index contributed by atoms with van der Waals surface area (Å²) in [5, 5.41) is 11.2. The lowest BCUT2D eigenvalue weighted by atomic mass is 10.2. The molecule has 0 saturated carbocycles. The Bertz CT molecular complexity index is 899. The van der Waals surface area contributed by atoms with E-state index < -0.39 is 0 Å². The van der Waals surface area contributed by atoms with Gasteiger partial charge in [-0.3, -0.25) is 4.99 Å². The maximum absolute atomic E-state index is 5.82. The molecule has 0 spiro atoms. The fourth-order valence-corrected chi connectivity index (χ4v) is 3.04. The highest BCUT2D eigenvalue weighted by Gasteiger charge is 2.06. The summed E-state index contributed by atoms with van der Waals surface area (Å²) in [5.41, 5.74) is 3.45. The molecular formula is C24H32IN5O. The van der Waals surface area contributed by atoms with Crippen LogP contribution in [-0.4, -0.2) is 42.5 Å². The molecule has 0 saturated heterocycles. The zero-order chi connectivity index (χ0) is 21.0. The van der Waals surface area contributed by atoms with Gasteiger partial charge in [-0.15, -0.1) is 24.0 Å². The number of ether oxygens (including phenoxy) is 1. The molecule has 0 radical (unpaired) electrons. The van der Waals surface area contributed by atoms with Crippen molar-refractivity contribution in [1.82, 2.24) is 20.4 Å². The fraction of sp³-hybridized carbons (Fsp3) is 0.333. The quantitative estimate of drug-likeness (QED) is 0.235. The molecule has 3 rings (SSSR count). The summed E-state index contributed by atoms with van der Waals surface area (Å²) >= 11 is 0. The largest absolute Gasteiger partial charge is 0.376 e. The molecular weight excluding hydrogens is 501 g/mol. The van der Waals surface area contributed by atoms with E-state index in [0.29, 0.717) is 19.1 Å². The van der Waals surface area contributed by atoms with E-state index in [-0.39, 0.29) is 24.0 Å². The zero-order valence-corrected chi connectivity index (χ0v) is 20.5. The second-order valence-corrected chi connectivity index (χ2v) is 7.36. The van der Waals surface area contributed by atoms with Crippen molar-refractivity contribution < 1.29 is 4.74 Å². The van der Waals surface area contributed by atoms with Crippen LogP contribution in [0.4, 0.5) is 0 Å². The molecule has 0 amide bonds. The van der Waals surface area contributed by atoms with Crippen LogP contribution in [0.1, 0.15) is 18.1 Å². The molecule has 6 nitrogen and oxygen atoms in total. The van der Waals surface area contributed by atoms with E-state index in [4.69, 9.17) is 4.74 Å². The third-order valence-corrected chi connectivity index (χ3v) is 4.72. The lowest BCUT2D eigenvalue weighted by Crippen LogP contribution is -2.40. The van der Waals surface area contributed by atoms with Crippen molar-refractivity contribution in [3.05, 3.63) is 84.2 Å². The van der Waals surface area contributed by atoms with E-state index in [1.807, 2.05) is 59.4 Å². The SMILES string of the molecule is CN=C(NCCc1cnn(-c2ccccc2)c1)NCC(C)COCc1ccccc1.I. The van der Waals surface area contributed by atoms with Gasteiger partial charge in [-0.25, -0.2) is 4.68 Å². The Labute approximate surface area is 202 Å². The van der Waals surface area contributed by atoms with Gasteiger partial charge in [0, 0.05) is 26.3 Å². The summed E-state index contributed by atoms with van der Waals surface area (Å²) < 4.78 is 7.72. The van der Waals surface area contributed by atoms with E-state index in [1.54, 1.807) is 7.05 Å². The highest BCUT2D eigenvalue weighted by molar-refractivity contribution is 14.0. The average molecular weight is 533 g/mol. The van der Waals surface area contributed by atoms with Gasteiger partial charge in [0.05, 0.1) is 25.1 Å². The summed E-state index contributed by atoms with van der Waals surface area (Å²) in [6, 6.07) is 20.4. The van der Waals surface area contributed by atoms with Crippen LogP contribution in [0.3, 0.4) is 0 Å². The van der Waals surface area contributed by atoms with Gasteiger partial charge in [-0.2, -0.15) is 5.10 Å². The highest BCUT2D eigenvalue weighted by Crippen LogP contribution is 2.08. The molecule has 1 heterocycles. The monoisotopic (exact) mass is 533 g/mol. The number of halogens is 1. The van der Waals surface area contributed by atoms with E-state index in [2.05, 4.69) is 46.0 Å². The third-order valence-electron chi connectivity index (χ3n) is 4.72. The van der Waals surface area contributed by atoms with Crippen LogP contribution in [-0.2, 0) is 17.8 Å². The van der Waals surface area contributed by atoms with Gasteiger partial charge in [0.1, 0.15) is 0 Å². The van der Waals surface area contributed by atoms with Crippen molar-refractivity contribution in [2.45, 2.75) is 20.0 Å². The smallest absolute Gasteiger partial charge is 0.190 e. The van der Waals surface area contributed by atoms with Gasteiger partial charge < -0.3 is 15.4 Å².